The van der Waals surface area contributed by atoms with Gasteiger partial charge >= 0.3 is 6.03 Å². The highest BCUT2D eigenvalue weighted by molar-refractivity contribution is 7.10. The van der Waals surface area contributed by atoms with Crippen LogP contribution in [0.5, 0.6) is 11.5 Å². The average Bonchev–Trinajstić information content (AvgIpc) is 3.31. The van der Waals surface area contributed by atoms with Crippen LogP contribution in [0.4, 0.5) is 14.9 Å². The summed E-state index contributed by atoms with van der Waals surface area (Å²) in [6.07, 6.45) is 2.12. The summed E-state index contributed by atoms with van der Waals surface area (Å²) in [7, 11) is 3.16. The summed E-state index contributed by atoms with van der Waals surface area (Å²) in [5.41, 5.74) is 2.14. The minimum Gasteiger partial charge on any atom is -0.493 e. The smallest absolute Gasteiger partial charge is 0.322 e. The minimum atomic E-state index is -0.578. The van der Waals surface area contributed by atoms with E-state index >= 15 is 0 Å². The lowest BCUT2D eigenvalue weighted by Crippen LogP contribution is -2.45. The van der Waals surface area contributed by atoms with Gasteiger partial charge in [-0.15, -0.1) is 17.9 Å². The van der Waals surface area contributed by atoms with Crippen LogP contribution in [0.2, 0.25) is 0 Å². The van der Waals surface area contributed by atoms with Gasteiger partial charge in [0.1, 0.15) is 12.4 Å². The van der Waals surface area contributed by atoms with E-state index in [2.05, 4.69) is 11.9 Å². The molecule has 0 saturated heterocycles. The van der Waals surface area contributed by atoms with Crippen LogP contribution in [0, 0.1) is 12.7 Å². The maximum absolute atomic E-state index is 14.1. The number of carbonyl (C=O) groups excluding carboxylic acids is 2. The molecule has 0 fully saturated rings. The number of halogens is 1. The van der Waals surface area contributed by atoms with E-state index in [1.54, 1.807) is 42.6 Å². The van der Waals surface area contributed by atoms with Crippen LogP contribution in [-0.4, -0.2) is 55.6 Å². The van der Waals surface area contributed by atoms with Crippen molar-refractivity contribution in [1.29, 1.82) is 0 Å². The normalized spacial score (nSPS) is 10.5. The van der Waals surface area contributed by atoms with Gasteiger partial charge in [-0.05, 0) is 60.2 Å². The molecule has 0 unspecified atom stereocenters. The summed E-state index contributed by atoms with van der Waals surface area (Å²) in [6.45, 7) is 6.52. The number of para-hydroxylation sites is 1. The first kappa shape index (κ1) is 27.7. The van der Waals surface area contributed by atoms with Gasteiger partial charge in [0.15, 0.2) is 11.5 Å². The number of aryl methyl sites for hydroxylation is 1. The van der Waals surface area contributed by atoms with Crippen LogP contribution in [-0.2, 0) is 17.8 Å². The van der Waals surface area contributed by atoms with Gasteiger partial charge < -0.3 is 24.6 Å². The third-order valence-electron chi connectivity index (χ3n) is 5.85. The highest BCUT2D eigenvalue weighted by atomic mass is 32.1. The Morgan fingerprint density at radius 3 is 2.49 bits per heavy atom. The summed E-state index contributed by atoms with van der Waals surface area (Å²) < 4.78 is 24.8. The minimum absolute atomic E-state index is 0.0496. The summed E-state index contributed by atoms with van der Waals surface area (Å²) in [4.78, 5) is 30.5. The Kier molecular flexibility index (Phi) is 10.1. The molecule has 7 nitrogen and oxygen atoms in total. The molecule has 0 aliphatic rings. The van der Waals surface area contributed by atoms with Crippen molar-refractivity contribution in [3.63, 3.8) is 0 Å². The maximum atomic E-state index is 14.1. The molecule has 9 heteroatoms. The molecule has 37 heavy (non-hydrogen) atoms. The molecule has 2 aromatic carbocycles. The van der Waals surface area contributed by atoms with E-state index in [1.165, 1.54) is 23.1 Å². The van der Waals surface area contributed by atoms with E-state index < -0.39 is 11.8 Å². The largest absolute Gasteiger partial charge is 0.493 e. The Labute approximate surface area is 221 Å². The van der Waals surface area contributed by atoms with Crippen LogP contribution in [0.1, 0.15) is 16.0 Å². The molecule has 0 atom stereocenters. The lowest BCUT2D eigenvalue weighted by Gasteiger charge is -2.27. The fraction of sp³-hybridized carbons (Fsp3) is 0.286. The predicted octanol–water partition coefficient (Wildman–Crippen LogP) is 5.50. The lowest BCUT2D eigenvalue weighted by molar-refractivity contribution is -0.132. The van der Waals surface area contributed by atoms with Gasteiger partial charge in [0.25, 0.3) is 0 Å². The van der Waals surface area contributed by atoms with E-state index in [0.717, 1.165) is 16.0 Å². The molecule has 0 saturated carbocycles. The number of hydrogen-bond donors (Lipinski definition) is 1. The number of thiophene rings is 1. The van der Waals surface area contributed by atoms with Gasteiger partial charge in [-0.1, -0.05) is 24.3 Å². The third kappa shape index (κ3) is 7.57. The second kappa shape index (κ2) is 13.5. The van der Waals surface area contributed by atoms with Gasteiger partial charge in [0, 0.05) is 18.0 Å². The number of anilines is 1. The first-order valence-corrected chi connectivity index (χ1v) is 12.7. The molecule has 1 heterocycles. The SMILES string of the molecule is C=CCN(CC(=O)N(CCc1ccc(OC)c(OC)c1)Cc1sccc1C)C(=O)Nc1ccccc1F. The summed E-state index contributed by atoms with van der Waals surface area (Å²) in [6, 6.07) is 13.0. The van der Waals surface area contributed by atoms with E-state index in [1.807, 2.05) is 36.6 Å². The lowest BCUT2D eigenvalue weighted by atomic mass is 10.1. The van der Waals surface area contributed by atoms with Crippen LogP contribution >= 0.6 is 11.3 Å². The number of ether oxygens (including phenoxy) is 2. The molecule has 1 N–H and O–H groups in total. The predicted molar refractivity (Wildman–Crippen MR) is 145 cm³/mol. The number of rotatable bonds is 12. The topological polar surface area (TPSA) is 71.1 Å². The van der Waals surface area contributed by atoms with Crippen LogP contribution in [0.25, 0.3) is 0 Å². The van der Waals surface area contributed by atoms with E-state index in [4.69, 9.17) is 9.47 Å². The molecule has 196 valence electrons. The molecule has 0 aliphatic carbocycles. The number of nitrogens with one attached hydrogen (secondary N) is 1. The van der Waals surface area contributed by atoms with Gasteiger partial charge in [0.05, 0.1) is 26.5 Å². The van der Waals surface area contributed by atoms with Gasteiger partial charge in [0.2, 0.25) is 5.91 Å². The fourth-order valence-corrected chi connectivity index (χ4v) is 4.65. The fourth-order valence-electron chi connectivity index (χ4n) is 3.73. The van der Waals surface area contributed by atoms with Crippen molar-refractivity contribution in [2.24, 2.45) is 0 Å². The molecule has 3 rings (SSSR count). The van der Waals surface area contributed by atoms with Crippen molar-refractivity contribution in [2.75, 3.05) is 39.2 Å². The van der Waals surface area contributed by atoms with Crippen molar-refractivity contribution >= 4 is 29.0 Å². The van der Waals surface area contributed by atoms with Gasteiger partial charge in [-0.3, -0.25) is 4.79 Å². The molecule has 0 bridgehead atoms. The monoisotopic (exact) mass is 525 g/mol. The molecule has 0 aliphatic heterocycles. The summed E-state index contributed by atoms with van der Waals surface area (Å²) in [5, 5.41) is 4.54. The second-order valence-corrected chi connectivity index (χ2v) is 9.36. The van der Waals surface area contributed by atoms with Crippen LogP contribution < -0.4 is 14.8 Å². The standard InChI is InChI=1S/C28H32FN3O4S/c1-5-14-32(28(34)30-23-9-7-6-8-22(23)29)19-27(33)31(18-26-20(2)13-16-37-26)15-12-21-10-11-24(35-3)25(17-21)36-4/h5-11,13,16-17H,1,12,14-15,18-19H2,2-4H3,(H,30,34). The zero-order valence-corrected chi connectivity index (χ0v) is 22.1. The molecule has 1 aromatic heterocycles. The Bertz CT molecular complexity index is 1230. The molecule has 3 amide bonds. The van der Waals surface area contributed by atoms with E-state index in [0.29, 0.717) is 31.0 Å². The quantitative estimate of drug-likeness (QED) is 0.317. The zero-order valence-electron chi connectivity index (χ0n) is 21.3. The second-order valence-electron chi connectivity index (χ2n) is 8.36. The average molecular weight is 526 g/mol. The molecule has 3 aromatic rings. The van der Waals surface area contributed by atoms with Crippen LogP contribution in [0.15, 0.2) is 66.6 Å². The van der Waals surface area contributed by atoms with Crippen molar-refractivity contribution in [1.82, 2.24) is 9.80 Å². The Balaban J connectivity index is 1.76. The number of carbonyl (C=O) groups is 2. The first-order valence-electron chi connectivity index (χ1n) is 11.8. The Morgan fingerprint density at radius 2 is 1.84 bits per heavy atom. The number of benzene rings is 2. The van der Waals surface area contributed by atoms with Crippen molar-refractivity contribution in [2.45, 2.75) is 19.9 Å². The van der Waals surface area contributed by atoms with E-state index in [9.17, 15) is 14.0 Å². The third-order valence-corrected chi connectivity index (χ3v) is 6.86. The number of nitrogens with zero attached hydrogens (tertiary/aromatic N) is 2. The number of urea groups is 1. The van der Waals surface area contributed by atoms with E-state index in [-0.39, 0.29) is 24.7 Å². The summed E-state index contributed by atoms with van der Waals surface area (Å²) >= 11 is 1.59. The summed E-state index contributed by atoms with van der Waals surface area (Å²) in [5.74, 6) is 0.479. The molecule has 0 spiro atoms. The number of methoxy groups -OCH3 is 2. The Morgan fingerprint density at radius 1 is 1.08 bits per heavy atom. The van der Waals surface area contributed by atoms with Crippen LogP contribution in [0.3, 0.4) is 0 Å². The molecular weight excluding hydrogens is 493 g/mol. The number of hydrogen-bond acceptors (Lipinski definition) is 5. The van der Waals surface area contributed by atoms with Gasteiger partial charge in [-0.25, -0.2) is 9.18 Å². The number of amides is 3. The maximum Gasteiger partial charge on any atom is 0.322 e. The van der Waals surface area contributed by atoms with Crippen molar-refractivity contribution in [3.05, 3.63) is 88.4 Å². The highest BCUT2D eigenvalue weighted by Crippen LogP contribution is 2.28. The van der Waals surface area contributed by atoms with Gasteiger partial charge in [-0.2, -0.15) is 0 Å². The van der Waals surface area contributed by atoms with Crippen molar-refractivity contribution < 1.29 is 23.5 Å². The van der Waals surface area contributed by atoms with Crippen molar-refractivity contribution in [3.8, 4) is 11.5 Å². The first-order chi connectivity index (χ1) is 17.9. The zero-order chi connectivity index (χ0) is 26.8. The molecule has 0 radical (unpaired) electrons. The molecular formula is C28H32FN3O4S. The Hall–Kier alpha value is -3.85. The highest BCUT2D eigenvalue weighted by Gasteiger charge is 2.22.